The molecule has 0 fully saturated rings. The van der Waals surface area contributed by atoms with Crippen LogP contribution in [0, 0.1) is 23.7 Å². The lowest BCUT2D eigenvalue weighted by molar-refractivity contribution is -0.141. The Morgan fingerprint density at radius 3 is 2.00 bits per heavy atom. The van der Waals surface area contributed by atoms with E-state index in [0.29, 0.717) is 18.7 Å². The van der Waals surface area contributed by atoms with E-state index in [-0.39, 0.29) is 30.7 Å². The first kappa shape index (κ1) is 35.2. The van der Waals surface area contributed by atoms with Crippen LogP contribution in [0.5, 0.6) is 0 Å². The average molecular weight is 526 g/mol. The van der Waals surface area contributed by atoms with Crippen LogP contribution in [0.4, 0.5) is 10.6 Å². The van der Waals surface area contributed by atoms with Gasteiger partial charge in [0.1, 0.15) is 18.5 Å². The van der Waals surface area contributed by atoms with Gasteiger partial charge in [-0.25, -0.2) is 19.6 Å². The summed E-state index contributed by atoms with van der Waals surface area (Å²) < 4.78 is 17.1. The van der Waals surface area contributed by atoms with Crippen LogP contribution in [-0.2, 0) is 30.2 Å². The number of carbonyl (C=O) groups excluding carboxylic acids is 1. The molecule has 1 unspecified atom stereocenters. The Morgan fingerprint density at radius 2 is 1.57 bits per heavy atom. The molecule has 37 heavy (non-hydrogen) atoms. The third-order valence-corrected chi connectivity index (χ3v) is 4.32. The molecule has 0 aliphatic rings. The van der Waals surface area contributed by atoms with Crippen molar-refractivity contribution in [3.8, 4) is 6.57 Å². The summed E-state index contributed by atoms with van der Waals surface area (Å²) in [5.74, 6) is -1.51. The third kappa shape index (κ3) is 15.6. The Hall–Kier alpha value is -3.92. The van der Waals surface area contributed by atoms with Gasteiger partial charge < -0.3 is 30.2 Å². The molecule has 2 rings (SSSR count). The molecular formula is C24H39N5O8. The molecule has 208 valence electrons. The van der Waals surface area contributed by atoms with Crippen molar-refractivity contribution in [2.24, 2.45) is 11.8 Å². The number of fused-ring (bicyclic) bond motifs is 1. The van der Waals surface area contributed by atoms with Crippen molar-refractivity contribution in [2.45, 2.75) is 66.6 Å². The number of carbonyl (C=O) groups is 3. The number of aliphatic carboxylic acids is 2. The minimum atomic E-state index is -0.741. The Bertz CT molecular complexity index is 954. The van der Waals surface area contributed by atoms with Crippen LogP contribution >= 0.6 is 0 Å². The van der Waals surface area contributed by atoms with E-state index >= 15 is 0 Å². The molecule has 1 atom stereocenters. The van der Waals surface area contributed by atoms with E-state index in [1.807, 2.05) is 12.1 Å². The normalized spacial score (nSPS) is 10.8. The summed E-state index contributed by atoms with van der Waals surface area (Å²) in [6.45, 7) is 13.7. The molecule has 13 nitrogen and oxygen atoms in total. The molecule has 0 aromatic carbocycles. The fourth-order valence-electron chi connectivity index (χ4n) is 2.16. The van der Waals surface area contributed by atoms with Crippen molar-refractivity contribution in [3.63, 3.8) is 0 Å². The molecular weight excluding hydrogens is 486 g/mol. The quantitative estimate of drug-likeness (QED) is 0.403. The number of rotatable bonds is 9. The van der Waals surface area contributed by atoms with Crippen LogP contribution in [-0.4, -0.2) is 68.8 Å². The molecule has 0 amide bonds. The number of aryl methyl sites for hydroxylation is 1. The number of nitrogen functional groups attached to an aromatic ring is 1. The minimum Gasteiger partial charge on any atom is -0.481 e. The number of hydrogen-bond acceptors (Lipinski definition) is 10. The zero-order chi connectivity index (χ0) is 29.1. The number of nitrogens with two attached hydrogens (primary N) is 1. The third-order valence-electron chi connectivity index (χ3n) is 4.32. The maximum atomic E-state index is 11.4. The van der Waals surface area contributed by atoms with Gasteiger partial charge in [0, 0.05) is 19.4 Å². The molecule has 2 heterocycles. The molecule has 0 saturated heterocycles. The molecule has 2 aromatic rings. The van der Waals surface area contributed by atoms with Crippen LogP contribution in [0.3, 0.4) is 0 Å². The van der Waals surface area contributed by atoms with Gasteiger partial charge >= 0.3 is 18.1 Å². The Labute approximate surface area is 217 Å². The van der Waals surface area contributed by atoms with Gasteiger partial charge in [-0.1, -0.05) is 27.7 Å². The van der Waals surface area contributed by atoms with E-state index < -0.39 is 18.1 Å². The highest BCUT2D eigenvalue weighted by Crippen LogP contribution is 2.15. The van der Waals surface area contributed by atoms with Crippen LogP contribution in [0.1, 0.15) is 53.7 Å². The van der Waals surface area contributed by atoms with Gasteiger partial charge in [0.25, 0.3) is 0 Å². The lowest BCUT2D eigenvalue weighted by Crippen LogP contribution is -2.23. The van der Waals surface area contributed by atoms with Gasteiger partial charge in [-0.05, 0) is 38.8 Å². The molecule has 0 spiro atoms. The standard InChI is InChI=1S/C15H22N4O4.2C4H8O2.CHN/c1-10(2)23-15(20)22-8-12(21-3)6-4-11-5-7-13-14(16)17-9-18-19(11)13;2*1-3(2)4(5)6;1-2/h5,7,9-10,12H,4,6,8H2,1-3H3,(H2,16,17,18);2*3H,1-2H3,(H,5,6);1H. The van der Waals surface area contributed by atoms with Crippen molar-refractivity contribution in [2.75, 3.05) is 19.5 Å². The number of hydrogen-bond donors (Lipinski definition) is 3. The zero-order valence-corrected chi connectivity index (χ0v) is 22.5. The van der Waals surface area contributed by atoms with Crippen LogP contribution in [0.15, 0.2) is 18.5 Å². The number of anilines is 1. The first-order valence-electron chi connectivity index (χ1n) is 11.4. The lowest BCUT2D eigenvalue weighted by Gasteiger charge is -2.16. The van der Waals surface area contributed by atoms with E-state index in [9.17, 15) is 14.4 Å². The van der Waals surface area contributed by atoms with E-state index in [1.54, 1.807) is 53.2 Å². The van der Waals surface area contributed by atoms with Gasteiger partial charge in [-0.3, -0.25) is 9.59 Å². The van der Waals surface area contributed by atoms with Gasteiger partial charge in [0.05, 0.1) is 24.0 Å². The first-order chi connectivity index (χ1) is 17.3. The molecule has 0 radical (unpaired) electrons. The molecule has 0 aliphatic heterocycles. The highest BCUT2D eigenvalue weighted by molar-refractivity contribution is 5.69. The molecule has 13 heteroatoms. The molecule has 2 aromatic heterocycles. The van der Waals surface area contributed by atoms with E-state index in [0.717, 1.165) is 11.2 Å². The molecule has 4 N–H and O–H groups in total. The van der Waals surface area contributed by atoms with E-state index in [2.05, 4.69) is 16.7 Å². The SMILES string of the molecule is C#N.CC(C)C(=O)O.CC(C)C(=O)O.COC(CCc1ccc2c(N)ncnn12)COC(=O)OC(C)C. The minimum absolute atomic E-state index is 0.141. The van der Waals surface area contributed by atoms with Gasteiger partial charge in [0.15, 0.2) is 5.82 Å². The van der Waals surface area contributed by atoms with Crippen molar-refractivity contribution in [1.29, 1.82) is 5.26 Å². The lowest BCUT2D eigenvalue weighted by atomic mass is 10.1. The van der Waals surface area contributed by atoms with E-state index in [1.165, 1.54) is 6.33 Å². The Balaban J connectivity index is 0. The molecule has 0 saturated carbocycles. The molecule has 0 aliphatic carbocycles. The van der Waals surface area contributed by atoms with Gasteiger partial charge in [-0.2, -0.15) is 5.10 Å². The topological polar surface area (TPSA) is 199 Å². The first-order valence-corrected chi connectivity index (χ1v) is 11.4. The Morgan fingerprint density at radius 1 is 1.05 bits per heavy atom. The number of carboxylic acids is 2. The predicted molar refractivity (Wildman–Crippen MR) is 136 cm³/mol. The summed E-state index contributed by atoms with van der Waals surface area (Å²) >= 11 is 0. The number of ether oxygens (including phenoxy) is 3. The highest BCUT2D eigenvalue weighted by atomic mass is 16.7. The fourth-order valence-corrected chi connectivity index (χ4v) is 2.16. The van der Waals surface area contributed by atoms with E-state index in [4.69, 9.17) is 35.4 Å². The largest absolute Gasteiger partial charge is 0.508 e. The summed E-state index contributed by atoms with van der Waals surface area (Å²) in [4.78, 5) is 34.7. The van der Waals surface area contributed by atoms with Crippen LogP contribution in [0.2, 0.25) is 0 Å². The summed E-state index contributed by atoms with van der Waals surface area (Å²) in [7, 11) is 1.58. The maximum Gasteiger partial charge on any atom is 0.508 e. The predicted octanol–water partition coefficient (Wildman–Crippen LogP) is 3.41. The maximum absolute atomic E-state index is 11.4. The number of carboxylic acid groups (broad SMARTS) is 2. The second kappa shape index (κ2) is 19.3. The Kier molecular flexibility index (Phi) is 18.4. The monoisotopic (exact) mass is 525 g/mol. The van der Waals surface area contributed by atoms with Crippen molar-refractivity contribution >= 4 is 29.4 Å². The second-order valence-corrected chi connectivity index (χ2v) is 8.38. The summed E-state index contributed by atoms with van der Waals surface area (Å²) in [6, 6.07) is 3.82. The van der Waals surface area contributed by atoms with Crippen LogP contribution in [0.25, 0.3) is 5.52 Å². The fraction of sp³-hybridized carbons (Fsp3) is 0.583. The van der Waals surface area contributed by atoms with Crippen LogP contribution < -0.4 is 5.73 Å². The van der Waals surface area contributed by atoms with Gasteiger partial charge in [-0.15, -0.1) is 0 Å². The van der Waals surface area contributed by atoms with Crippen molar-refractivity contribution < 1.29 is 38.8 Å². The zero-order valence-electron chi connectivity index (χ0n) is 22.5. The van der Waals surface area contributed by atoms with Crippen molar-refractivity contribution in [3.05, 3.63) is 24.2 Å². The van der Waals surface area contributed by atoms with Crippen molar-refractivity contribution in [1.82, 2.24) is 14.6 Å². The number of nitriles is 1. The summed E-state index contributed by atoms with van der Waals surface area (Å²) in [6.07, 6.45) is 1.67. The summed E-state index contributed by atoms with van der Waals surface area (Å²) in [5.41, 5.74) is 7.56. The highest BCUT2D eigenvalue weighted by Gasteiger charge is 2.15. The summed E-state index contributed by atoms with van der Waals surface area (Å²) in [5, 5.41) is 26.7. The molecule has 0 bridgehead atoms. The second-order valence-electron chi connectivity index (χ2n) is 8.38. The van der Waals surface area contributed by atoms with Gasteiger partial charge in [0.2, 0.25) is 0 Å². The number of methoxy groups -OCH3 is 1. The number of nitrogens with zero attached hydrogens (tertiary/aromatic N) is 4. The number of aromatic nitrogens is 3. The average Bonchev–Trinajstić information content (AvgIpc) is 3.25. The smallest absolute Gasteiger partial charge is 0.481 e.